The average Bonchev–Trinajstić information content (AvgIpc) is 2.76. The van der Waals surface area contributed by atoms with Gasteiger partial charge in [0.05, 0.1) is 10.7 Å². The number of ketones is 1. The SMILES string of the molecule is CCc1cc(C(C)=O)cc(I)c1Oc1ccc(OC)cc1CCCN1CCNCC1. The minimum atomic E-state index is 0.0761. The van der Waals surface area contributed by atoms with Crippen LogP contribution in [0.4, 0.5) is 0 Å². The number of halogens is 1. The molecule has 1 saturated heterocycles. The molecule has 1 aliphatic rings. The molecule has 0 aromatic heterocycles. The summed E-state index contributed by atoms with van der Waals surface area (Å²) in [6.45, 7) is 9.15. The van der Waals surface area contributed by atoms with Gasteiger partial charge in [0.15, 0.2) is 5.78 Å². The molecular formula is C24H31IN2O3. The molecule has 5 nitrogen and oxygen atoms in total. The number of carbonyl (C=O) groups is 1. The van der Waals surface area contributed by atoms with E-state index in [1.54, 1.807) is 14.0 Å². The molecule has 3 rings (SSSR count). The second-order valence-electron chi connectivity index (χ2n) is 7.63. The van der Waals surface area contributed by atoms with Gasteiger partial charge in [-0.1, -0.05) is 6.92 Å². The number of Topliss-reactive ketones (excluding diaryl/α,β-unsaturated/α-hetero) is 1. The predicted octanol–water partition coefficient (Wildman–Crippen LogP) is 4.69. The summed E-state index contributed by atoms with van der Waals surface area (Å²) in [4.78, 5) is 14.4. The molecule has 30 heavy (non-hydrogen) atoms. The normalized spacial score (nSPS) is 14.5. The standard InChI is InChI=1S/C24H31IN2O3/c1-4-18-14-20(17(2)28)16-22(25)24(18)30-23-8-7-21(29-3)15-19(23)6-5-11-27-12-9-26-10-13-27/h7-8,14-16,26H,4-6,9-13H2,1-3H3. The van der Waals surface area contributed by atoms with Crippen LogP contribution in [0.1, 0.15) is 41.8 Å². The maximum Gasteiger partial charge on any atom is 0.159 e. The predicted molar refractivity (Wildman–Crippen MR) is 129 cm³/mol. The van der Waals surface area contributed by atoms with Gasteiger partial charge in [0.25, 0.3) is 0 Å². The molecule has 0 spiro atoms. The topological polar surface area (TPSA) is 50.8 Å². The molecule has 1 fully saturated rings. The largest absolute Gasteiger partial charge is 0.497 e. The summed E-state index contributed by atoms with van der Waals surface area (Å²) in [5.74, 6) is 2.63. The van der Waals surface area contributed by atoms with E-state index in [4.69, 9.17) is 9.47 Å². The van der Waals surface area contributed by atoms with Crippen molar-refractivity contribution in [2.75, 3.05) is 39.8 Å². The van der Waals surface area contributed by atoms with E-state index in [2.05, 4.69) is 45.8 Å². The highest BCUT2D eigenvalue weighted by Gasteiger charge is 2.16. The van der Waals surface area contributed by atoms with Gasteiger partial charge in [0, 0.05) is 31.7 Å². The number of carbonyl (C=O) groups excluding carboxylic acids is 1. The molecule has 2 aromatic carbocycles. The molecule has 1 heterocycles. The van der Waals surface area contributed by atoms with Crippen LogP contribution < -0.4 is 14.8 Å². The molecule has 0 radical (unpaired) electrons. The number of benzene rings is 2. The van der Waals surface area contributed by atoms with Crippen molar-refractivity contribution in [3.05, 3.63) is 50.6 Å². The Balaban J connectivity index is 1.80. The first-order valence-corrected chi connectivity index (χ1v) is 11.7. The summed E-state index contributed by atoms with van der Waals surface area (Å²) in [5, 5.41) is 3.40. The van der Waals surface area contributed by atoms with E-state index >= 15 is 0 Å². The summed E-state index contributed by atoms with van der Waals surface area (Å²) >= 11 is 2.26. The van der Waals surface area contributed by atoms with E-state index in [0.29, 0.717) is 0 Å². The van der Waals surface area contributed by atoms with Gasteiger partial charge >= 0.3 is 0 Å². The molecule has 2 aromatic rings. The van der Waals surface area contributed by atoms with E-state index in [1.807, 2.05) is 24.3 Å². The van der Waals surface area contributed by atoms with E-state index < -0.39 is 0 Å². The van der Waals surface area contributed by atoms with Crippen LogP contribution in [0.15, 0.2) is 30.3 Å². The van der Waals surface area contributed by atoms with Crippen LogP contribution in [-0.2, 0) is 12.8 Å². The van der Waals surface area contributed by atoms with Crippen LogP contribution in [-0.4, -0.2) is 50.5 Å². The third-order valence-electron chi connectivity index (χ3n) is 5.52. The maximum atomic E-state index is 11.8. The molecule has 6 heteroatoms. The summed E-state index contributed by atoms with van der Waals surface area (Å²) in [6, 6.07) is 9.87. The van der Waals surface area contributed by atoms with Crippen molar-refractivity contribution in [2.24, 2.45) is 0 Å². The van der Waals surface area contributed by atoms with Crippen molar-refractivity contribution in [2.45, 2.75) is 33.1 Å². The van der Waals surface area contributed by atoms with E-state index in [9.17, 15) is 4.79 Å². The number of nitrogens with one attached hydrogen (secondary N) is 1. The zero-order chi connectivity index (χ0) is 21.5. The van der Waals surface area contributed by atoms with Crippen molar-refractivity contribution < 1.29 is 14.3 Å². The highest BCUT2D eigenvalue weighted by molar-refractivity contribution is 14.1. The van der Waals surface area contributed by atoms with Crippen molar-refractivity contribution in [3.63, 3.8) is 0 Å². The molecular weight excluding hydrogens is 491 g/mol. The van der Waals surface area contributed by atoms with Crippen LogP contribution in [0.25, 0.3) is 0 Å². The molecule has 1 aliphatic heterocycles. The Labute approximate surface area is 193 Å². The number of piperazine rings is 1. The van der Waals surface area contributed by atoms with Crippen LogP contribution in [0.3, 0.4) is 0 Å². The molecule has 0 atom stereocenters. The van der Waals surface area contributed by atoms with Gasteiger partial charge < -0.3 is 19.7 Å². The van der Waals surface area contributed by atoms with Gasteiger partial charge in [-0.15, -0.1) is 0 Å². The van der Waals surface area contributed by atoms with E-state index in [0.717, 1.165) is 89.5 Å². The summed E-state index contributed by atoms with van der Waals surface area (Å²) in [6.07, 6.45) is 2.81. The van der Waals surface area contributed by atoms with E-state index in [1.165, 1.54) is 0 Å². The van der Waals surface area contributed by atoms with Crippen LogP contribution in [0, 0.1) is 3.57 Å². The Bertz CT molecular complexity index is 879. The molecule has 0 saturated carbocycles. The lowest BCUT2D eigenvalue weighted by molar-refractivity contribution is 0.101. The highest BCUT2D eigenvalue weighted by atomic mass is 127. The first-order valence-electron chi connectivity index (χ1n) is 10.6. The Morgan fingerprint density at radius 3 is 2.60 bits per heavy atom. The minimum Gasteiger partial charge on any atom is -0.497 e. The quantitative estimate of drug-likeness (QED) is 0.383. The second-order valence-corrected chi connectivity index (χ2v) is 8.79. The molecule has 0 bridgehead atoms. The van der Waals surface area contributed by atoms with Crippen molar-refractivity contribution in [3.8, 4) is 17.2 Å². The van der Waals surface area contributed by atoms with Crippen molar-refractivity contribution in [1.29, 1.82) is 0 Å². The minimum absolute atomic E-state index is 0.0761. The fourth-order valence-corrected chi connectivity index (χ4v) is 4.54. The molecule has 0 unspecified atom stereocenters. The summed E-state index contributed by atoms with van der Waals surface area (Å²) in [5.41, 5.74) is 2.93. The van der Waals surface area contributed by atoms with Crippen LogP contribution >= 0.6 is 22.6 Å². The zero-order valence-corrected chi connectivity index (χ0v) is 20.3. The number of rotatable bonds is 9. The lowest BCUT2D eigenvalue weighted by atomic mass is 10.0. The Kier molecular flexibility index (Phi) is 8.53. The first-order chi connectivity index (χ1) is 14.5. The molecule has 0 amide bonds. The fourth-order valence-electron chi connectivity index (χ4n) is 3.75. The number of hydrogen-bond acceptors (Lipinski definition) is 5. The van der Waals surface area contributed by atoms with Crippen LogP contribution in [0.5, 0.6) is 17.2 Å². The Hall–Kier alpha value is -1.64. The van der Waals surface area contributed by atoms with E-state index in [-0.39, 0.29) is 5.78 Å². The lowest BCUT2D eigenvalue weighted by Crippen LogP contribution is -2.43. The third-order valence-corrected chi connectivity index (χ3v) is 6.32. The number of methoxy groups -OCH3 is 1. The second kappa shape index (κ2) is 11.1. The number of hydrogen-bond donors (Lipinski definition) is 1. The molecule has 0 aliphatic carbocycles. The number of nitrogens with zero attached hydrogens (tertiary/aromatic N) is 1. The van der Waals surface area contributed by atoms with Gasteiger partial charge in [0.2, 0.25) is 0 Å². The molecule has 162 valence electrons. The van der Waals surface area contributed by atoms with Crippen molar-refractivity contribution in [1.82, 2.24) is 10.2 Å². The Morgan fingerprint density at radius 2 is 1.93 bits per heavy atom. The monoisotopic (exact) mass is 522 g/mol. The zero-order valence-electron chi connectivity index (χ0n) is 18.1. The first kappa shape index (κ1) is 23.0. The smallest absolute Gasteiger partial charge is 0.159 e. The van der Waals surface area contributed by atoms with Gasteiger partial charge in [-0.05, 0) is 96.8 Å². The van der Waals surface area contributed by atoms with Crippen molar-refractivity contribution >= 4 is 28.4 Å². The third kappa shape index (κ3) is 5.95. The average molecular weight is 522 g/mol. The lowest BCUT2D eigenvalue weighted by Gasteiger charge is -2.27. The number of aryl methyl sites for hydroxylation is 2. The highest BCUT2D eigenvalue weighted by Crippen LogP contribution is 2.35. The fraction of sp³-hybridized carbons (Fsp3) is 0.458. The Morgan fingerprint density at radius 1 is 1.17 bits per heavy atom. The van der Waals surface area contributed by atoms with Crippen LogP contribution in [0.2, 0.25) is 0 Å². The summed E-state index contributed by atoms with van der Waals surface area (Å²) in [7, 11) is 1.69. The molecule has 1 N–H and O–H groups in total. The summed E-state index contributed by atoms with van der Waals surface area (Å²) < 4.78 is 12.9. The van der Waals surface area contributed by atoms with Gasteiger partial charge in [-0.2, -0.15) is 0 Å². The maximum absolute atomic E-state index is 11.8. The van der Waals surface area contributed by atoms with Gasteiger partial charge in [-0.25, -0.2) is 0 Å². The van der Waals surface area contributed by atoms with Gasteiger partial charge in [0.1, 0.15) is 17.2 Å². The number of ether oxygens (including phenoxy) is 2. The van der Waals surface area contributed by atoms with Gasteiger partial charge in [-0.3, -0.25) is 4.79 Å².